The number of nitrogen functional groups attached to an aromatic ring is 1. The number of nitrogens with one attached hydrogen (secondary N) is 1. The Kier molecular flexibility index (Phi) is 6.65. The lowest BCUT2D eigenvalue weighted by Gasteiger charge is -2.35. The van der Waals surface area contributed by atoms with Gasteiger partial charge in [0.2, 0.25) is 5.91 Å². The molecular weight excluding hydrogens is 348 g/mol. The van der Waals surface area contributed by atoms with E-state index in [1.165, 1.54) is 0 Å². The summed E-state index contributed by atoms with van der Waals surface area (Å²) >= 11 is 0. The first-order valence-electron chi connectivity index (χ1n) is 9.05. The van der Waals surface area contributed by atoms with Crippen LogP contribution in [0.25, 0.3) is 0 Å². The molecule has 1 fully saturated rings. The van der Waals surface area contributed by atoms with Gasteiger partial charge in [-0.05, 0) is 45.0 Å². The monoisotopic (exact) mass is 376 g/mol. The molecule has 0 aromatic heterocycles. The number of hydrogen-bond acceptors (Lipinski definition) is 5. The van der Waals surface area contributed by atoms with Gasteiger partial charge in [-0.2, -0.15) is 0 Å². The van der Waals surface area contributed by atoms with Crippen molar-refractivity contribution in [1.82, 2.24) is 15.1 Å². The molecule has 1 aromatic carbocycles. The van der Waals surface area contributed by atoms with Crippen LogP contribution in [0.3, 0.4) is 0 Å². The fourth-order valence-corrected chi connectivity index (χ4v) is 2.71. The van der Waals surface area contributed by atoms with Gasteiger partial charge in [0, 0.05) is 50.4 Å². The van der Waals surface area contributed by atoms with Crippen molar-refractivity contribution in [2.45, 2.75) is 32.8 Å². The summed E-state index contributed by atoms with van der Waals surface area (Å²) in [5.74, 6) is -0.112. The molecule has 8 heteroatoms. The van der Waals surface area contributed by atoms with Crippen LogP contribution in [-0.2, 0) is 9.53 Å². The molecule has 3 N–H and O–H groups in total. The Morgan fingerprint density at radius 1 is 1.04 bits per heavy atom. The van der Waals surface area contributed by atoms with Gasteiger partial charge in [0.1, 0.15) is 5.60 Å². The van der Waals surface area contributed by atoms with Crippen molar-refractivity contribution in [2.24, 2.45) is 0 Å². The molecule has 8 nitrogen and oxygen atoms in total. The molecule has 27 heavy (non-hydrogen) atoms. The van der Waals surface area contributed by atoms with E-state index in [0.29, 0.717) is 37.4 Å². The van der Waals surface area contributed by atoms with Crippen molar-refractivity contribution in [3.8, 4) is 0 Å². The van der Waals surface area contributed by atoms with E-state index < -0.39 is 11.7 Å². The van der Waals surface area contributed by atoms with Crippen LogP contribution in [0, 0.1) is 0 Å². The molecule has 1 aliphatic rings. The number of carbonyl (C=O) groups is 3. The summed E-state index contributed by atoms with van der Waals surface area (Å²) in [5, 5.41) is 2.58. The van der Waals surface area contributed by atoms with Gasteiger partial charge >= 0.3 is 6.09 Å². The highest BCUT2D eigenvalue weighted by Crippen LogP contribution is 2.12. The van der Waals surface area contributed by atoms with Crippen molar-refractivity contribution < 1.29 is 19.1 Å². The maximum Gasteiger partial charge on any atom is 0.407 e. The second-order valence-electron chi connectivity index (χ2n) is 7.47. The van der Waals surface area contributed by atoms with Crippen LogP contribution in [0.15, 0.2) is 24.3 Å². The van der Waals surface area contributed by atoms with Crippen molar-refractivity contribution >= 4 is 23.6 Å². The Labute approximate surface area is 159 Å². The minimum Gasteiger partial charge on any atom is -0.444 e. The molecule has 2 rings (SSSR count). The number of piperazine rings is 1. The molecular formula is C19H28N4O4. The van der Waals surface area contributed by atoms with E-state index in [1.807, 2.05) is 0 Å². The Hall–Kier alpha value is -2.77. The van der Waals surface area contributed by atoms with E-state index in [-0.39, 0.29) is 24.8 Å². The van der Waals surface area contributed by atoms with E-state index in [4.69, 9.17) is 10.5 Å². The zero-order valence-electron chi connectivity index (χ0n) is 16.2. The Morgan fingerprint density at radius 2 is 1.59 bits per heavy atom. The van der Waals surface area contributed by atoms with Crippen LogP contribution < -0.4 is 11.1 Å². The first-order chi connectivity index (χ1) is 12.7. The maximum absolute atomic E-state index is 12.5. The molecule has 0 saturated carbocycles. The third-order valence-electron chi connectivity index (χ3n) is 4.08. The van der Waals surface area contributed by atoms with Gasteiger partial charge in [-0.3, -0.25) is 9.59 Å². The number of carbonyl (C=O) groups excluding carboxylic acids is 3. The summed E-state index contributed by atoms with van der Waals surface area (Å²) in [6.45, 7) is 7.48. The van der Waals surface area contributed by atoms with Gasteiger partial charge in [-0.25, -0.2) is 4.79 Å². The lowest BCUT2D eigenvalue weighted by Crippen LogP contribution is -2.51. The van der Waals surface area contributed by atoms with Crippen molar-refractivity contribution in [2.75, 3.05) is 38.5 Å². The minimum atomic E-state index is -0.568. The zero-order valence-corrected chi connectivity index (χ0v) is 16.2. The number of nitrogens with two attached hydrogens (primary N) is 1. The number of rotatable bonds is 4. The third-order valence-corrected chi connectivity index (χ3v) is 4.08. The third kappa shape index (κ3) is 6.47. The van der Waals surface area contributed by atoms with Crippen molar-refractivity contribution in [3.05, 3.63) is 29.8 Å². The van der Waals surface area contributed by atoms with Crippen LogP contribution in [0.2, 0.25) is 0 Å². The van der Waals surface area contributed by atoms with Crippen LogP contribution in [0.1, 0.15) is 37.6 Å². The number of nitrogens with zero attached hydrogens (tertiary/aromatic N) is 2. The zero-order chi connectivity index (χ0) is 20.0. The van der Waals surface area contributed by atoms with E-state index in [0.717, 1.165) is 0 Å². The first kappa shape index (κ1) is 20.5. The van der Waals surface area contributed by atoms with Crippen LogP contribution >= 0.6 is 0 Å². The molecule has 1 saturated heterocycles. The second-order valence-corrected chi connectivity index (χ2v) is 7.47. The molecule has 0 aliphatic carbocycles. The van der Waals surface area contributed by atoms with Gasteiger partial charge in [0.25, 0.3) is 5.91 Å². The van der Waals surface area contributed by atoms with Gasteiger partial charge in [0.05, 0.1) is 0 Å². The predicted molar refractivity (Wildman–Crippen MR) is 102 cm³/mol. The summed E-state index contributed by atoms with van der Waals surface area (Å²) in [7, 11) is 0. The lowest BCUT2D eigenvalue weighted by atomic mass is 10.1. The fraction of sp³-hybridized carbons (Fsp3) is 0.526. The molecule has 1 aliphatic heterocycles. The number of anilines is 1. The van der Waals surface area contributed by atoms with E-state index in [1.54, 1.807) is 54.8 Å². The quantitative estimate of drug-likeness (QED) is 0.774. The SMILES string of the molecule is CC(C)(C)OC(=O)NCCC(=O)N1CCN(C(=O)c2ccc(N)cc2)CC1. The largest absolute Gasteiger partial charge is 0.444 e. The summed E-state index contributed by atoms with van der Waals surface area (Å²) in [5.41, 5.74) is 6.28. The van der Waals surface area contributed by atoms with Gasteiger partial charge in [0.15, 0.2) is 0 Å². The number of benzene rings is 1. The highest BCUT2D eigenvalue weighted by Gasteiger charge is 2.25. The first-order valence-corrected chi connectivity index (χ1v) is 9.05. The minimum absolute atomic E-state index is 0.0503. The molecule has 1 aromatic rings. The highest BCUT2D eigenvalue weighted by atomic mass is 16.6. The molecule has 148 valence electrons. The van der Waals surface area contributed by atoms with Crippen molar-refractivity contribution in [3.63, 3.8) is 0 Å². The van der Waals surface area contributed by atoms with Crippen LogP contribution in [0.5, 0.6) is 0 Å². The average Bonchev–Trinajstić information content (AvgIpc) is 2.60. The molecule has 0 spiro atoms. The second kappa shape index (κ2) is 8.75. The predicted octanol–water partition coefficient (Wildman–Crippen LogP) is 1.47. The number of ether oxygens (including phenoxy) is 1. The summed E-state index contributed by atoms with van der Waals surface area (Å²) in [6, 6.07) is 6.81. The molecule has 3 amide bonds. The van der Waals surface area contributed by atoms with Gasteiger partial charge in [-0.15, -0.1) is 0 Å². The Balaban J connectivity index is 1.73. The molecule has 0 atom stereocenters. The highest BCUT2D eigenvalue weighted by molar-refractivity contribution is 5.94. The maximum atomic E-state index is 12.5. The summed E-state index contributed by atoms with van der Waals surface area (Å²) in [4.78, 5) is 39.8. The topological polar surface area (TPSA) is 105 Å². The average molecular weight is 376 g/mol. The molecule has 0 bridgehead atoms. The van der Waals surface area contributed by atoms with Gasteiger partial charge in [-0.1, -0.05) is 0 Å². The van der Waals surface area contributed by atoms with Crippen molar-refractivity contribution in [1.29, 1.82) is 0 Å². The van der Waals surface area contributed by atoms with Crippen LogP contribution in [-0.4, -0.2) is 66.0 Å². The van der Waals surface area contributed by atoms with Crippen LogP contribution in [0.4, 0.5) is 10.5 Å². The smallest absolute Gasteiger partial charge is 0.407 e. The Morgan fingerprint density at radius 3 is 2.15 bits per heavy atom. The standard InChI is InChI=1S/C19H28N4O4/c1-19(2,3)27-18(26)21-9-8-16(24)22-10-12-23(13-11-22)17(25)14-4-6-15(20)7-5-14/h4-7H,8-13,20H2,1-3H3,(H,21,26). The lowest BCUT2D eigenvalue weighted by molar-refractivity contribution is -0.132. The normalized spacial score (nSPS) is 14.6. The van der Waals surface area contributed by atoms with E-state index in [9.17, 15) is 14.4 Å². The van der Waals surface area contributed by atoms with Gasteiger partial charge < -0.3 is 25.6 Å². The van der Waals surface area contributed by atoms with E-state index >= 15 is 0 Å². The Bertz CT molecular complexity index is 674. The van der Waals surface area contributed by atoms with E-state index in [2.05, 4.69) is 5.32 Å². The molecule has 0 unspecified atom stereocenters. The number of hydrogen-bond donors (Lipinski definition) is 2. The number of alkyl carbamates (subject to hydrolysis) is 1. The summed E-state index contributed by atoms with van der Waals surface area (Å²) < 4.78 is 5.13. The number of amides is 3. The summed E-state index contributed by atoms with van der Waals surface area (Å²) in [6.07, 6.45) is -0.334. The fourth-order valence-electron chi connectivity index (χ4n) is 2.71. The molecule has 1 heterocycles. The molecule has 0 radical (unpaired) electrons.